The second kappa shape index (κ2) is 11.5. The number of rotatable bonds is 7. The van der Waals surface area contributed by atoms with Gasteiger partial charge in [-0.25, -0.2) is 4.79 Å². The molecule has 1 saturated carbocycles. The van der Waals surface area contributed by atoms with Crippen LogP contribution in [0.4, 0.5) is 0 Å². The molecule has 4 aromatic rings. The largest absolute Gasteiger partial charge is 0.490 e. The summed E-state index contributed by atoms with van der Waals surface area (Å²) >= 11 is 9.66. The fourth-order valence-corrected chi connectivity index (χ4v) is 5.73. The van der Waals surface area contributed by atoms with E-state index in [1.54, 1.807) is 39.8 Å². The van der Waals surface area contributed by atoms with Gasteiger partial charge in [-0.2, -0.15) is 0 Å². The molecule has 0 spiro atoms. The third-order valence-electron chi connectivity index (χ3n) is 7.76. The lowest BCUT2D eigenvalue weighted by Crippen LogP contribution is -2.47. The number of carbonyl (C=O) groups is 2. The van der Waals surface area contributed by atoms with Crippen LogP contribution < -0.4 is 15.7 Å². The number of halogens is 2. The fourth-order valence-electron chi connectivity index (χ4n) is 5.30. The second-order valence-corrected chi connectivity index (χ2v) is 12.1. The van der Waals surface area contributed by atoms with Crippen LogP contribution in [-0.2, 0) is 13.1 Å². The molecule has 1 N–H and O–H groups in total. The van der Waals surface area contributed by atoms with Gasteiger partial charge < -0.3 is 15.0 Å². The average Bonchev–Trinajstić information content (AvgIpc) is 3.76. The van der Waals surface area contributed by atoms with Crippen LogP contribution in [0, 0.1) is 0 Å². The van der Waals surface area contributed by atoms with E-state index in [-0.39, 0.29) is 48.6 Å². The van der Waals surface area contributed by atoms with Gasteiger partial charge in [0.05, 0.1) is 35.1 Å². The van der Waals surface area contributed by atoms with Gasteiger partial charge in [-0.15, -0.1) is 0 Å². The Labute approximate surface area is 257 Å². The highest BCUT2D eigenvalue weighted by Gasteiger charge is 2.36. The van der Waals surface area contributed by atoms with Gasteiger partial charge in [0.15, 0.2) is 0 Å². The number of benzene rings is 3. The topological polar surface area (TPSA) is 85.6 Å². The Morgan fingerprint density at radius 3 is 2.43 bits per heavy atom. The molecule has 2 atom stereocenters. The summed E-state index contributed by atoms with van der Waals surface area (Å²) in [4.78, 5) is 43.3. The van der Waals surface area contributed by atoms with Crippen LogP contribution >= 0.6 is 27.5 Å². The summed E-state index contributed by atoms with van der Waals surface area (Å²) in [5.74, 6) is 0.0959. The standard InChI is InChI=1S/C32H30BrClN4O4/c1-19-17-37-28(18-36(19)31(40)22-8-15-26(33)27(34)16-22)29(30(39)35-20(2)21-6-4-3-5-7-21)38(32(37)41)23-9-11-24(12-10-23)42-25-13-14-25/h3-12,15-16,19-20,25H,13-14,17-18H2,1-2H3,(H,35,39)/t19-,20+/m1/s1. The average molecular weight is 650 g/mol. The van der Waals surface area contributed by atoms with Gasteiger partial charge in [-0.3, -0.25) is 18.7 Å². The number of hydrogen-bond donors (Lipinski definition) is 1. The normalized spacial score (nSPS) is 17.0. The molecule has 1 aromatic heterocycles. The van der Waals surface area contributed by atoms with Gasteiger partial charge in [0.2, 0.25) is 0 Å². The van der Waals surface area contributed by atoms with Crippen molar-refractivity contribution in [2.45, 2.75) is 58.0 Å². The van der Waals surface area contributed by atoms with Crippen LogP contribution in [0.25, 0.3) is 5.69 Å². The second-order valence-electron chi connectivity index (χ2n) is 10.9. The Balaban J connectivity index is 1.40. The van der Waals surface area contributed by atoms with Gasteiger partial charge >= 0.3 is 5.69 Å². The lowest BCUT2D eigenvalue weighted by molar-refractivity contribution is 0.0610. The van der Waals surface area contributed by atoms with E-state index in [0.29, 0.717) is 26.4 Å². The zero-order chi connectivity index (χ0) is 29.5. The molecule has 2 heterocycles. The third kappa shape index (κ3) is 5.51. The number of amides is 2. The maximum absolute atomic E-state index is 14.0. The fraction of sp³-hybridized carbons (Fsp3) is 0.281. The number of aromatic nitrogens is 2. The Hall–Kier alpha value is -3.82. The molecule has 0 unspecified atom stereocenters. The first-order valence-corrected chi connectivity index (χ1v) is 15.1. The number of ether oxygens (including phenoxy) is 1. The van der Waals surface area contributed by atoms with Crippen molar-refractivity contribution in [2.75, 3.05) is 0 Å². The van der Waals surface area contributed by atoms with Crippen LogP contribution in [0.5, 0.6) is 5.75 Å². The van der Waals surface area contributed by atoms with E-state index in [4.69, 9.17) is 16.3 Å². The highest BCUT2D eigenvalue weighted by atomic mass is 79.9. The van der Waals surface area contributed by atoms with Crippen molar-refractivity contribution in [3.8, 4) is 11.4 Å². The Morgan fingerprint density at radius 2 is 1.76 bits per heavy atom. The summed E-state index contributed by atoms with van der Waals surface area (Å²) in [5.41, 5.74) is 2.27. The first-order valence-electron chi connectivity index (χ1n) is 13.9. The molecular weight excluding hydrogens is 620 g/mol. The van der Waals surface area contributed by atoms with Crippen molar-refractivity contribution in [3.63, 3.8) is 0 Å². The quantitative estimate of drug-likeness (QED) is 0.261. The summed E-state index contributed by atoms with van der Waals surface area (Å²) in [5, 5.41) is 3.50. The Kier molecular flexibility index (Phi) is 7.72. The maximum Gasteiger partial charge on any atom is 0.333 e. The molecule has 216 valence electrons. The zero-order valence-corrected chi connectivity index (χ0v) is 25.6. The summed E-state index contributed by atoms with van der Waals surface area (Å²) in [6.07, 6.45) is 2.32. The smallest absolute Gasteiger partial charge is 0.333 e. The zero-order valence-electron chi connectivity index (χ0n) is 23.2. The van der Waals surface area contributed by atoms with Crippen molar-refractivity contribution >= 4 is 39.3 Å². The molecule has 6 rings (SSSR count). The summed E-state index contributed by atoms with van der Waals surface area (Å²) < 4.78 is 9.64. The molecule has 42 heavy (non-hydrogen) atoms. The molecule has 8 nitrogen and oxygen atoms in total. The predicted molar refractivity (Wildman–Crippen MR) is 164 cm³/mol. The van der Waals surface area contributed by atoms with Crippen molar-refractivity contribution in [1.82, 2.24) is 19.4 Å². The van der Waals surface area contributed by atoms with Gasteiger partial charge in [0.1, 0.15) is 11.4 Å². The molecule has 0 bridgehead atoms. The number of fused-ring (bicyclic) bond motifs is 1. The van der Waals surface area contributed by atoms with Gasteiger partial charge in [0, 0.05) is 22.6 Å². The molecule has 10 heteroatoms. The highest BCUT2D eigenvalue weighted by Crippen LogP contribution is 2.30. The summed E-state index contributed by atoms with van der Waals surface area (Å²) in [6.45, 7) is 4.12. The lowest BCUT2D eigenvalue weighted by Gasteiger charge is -2.34. The monoisotopic (exact) mass is 648 g/mol. The number of carbonyl (C=O) groups excluding carboxylic acids is 2. The number of hydrogen-bond acceptors (Lipinski definition) is 4. The van der Waals surface area contributed by atoms with Crippen molar-refractivity contribution in [1.29, 1.82) is 0 Å². The van der Waals surface area contributed by atoms with Crippen molar-refractivity contribution < 1.29 is 14.3 Å². The SMILES string of the molecule is C[C@H](NC(=O)c1c2n(c(=O)n1-c1ccc(OC3CC3)cc1)C[C@@H](C)N(C(=O)c1ccc(Br)c(Cl)c1)C2)c1ccccc1. The van der Waals surface area contributed by atoms with E-state index in [1.807, 2.05) is 56.3 Å². The van der Waals surface area contributed by atoms with Crippen LogP contribution in [-0.4, -0.2) is 38.0 Å². The molecule has 2 amide bonds. The Bertz CT molecular complexity index is 1710. The van der Waals surface area contributed by atoms with Crippen molar-refractivity contribution in [3.05, 3.63) is 115 Å². The van der Waals surface area contributed by atoms with E-state index in [2.05, 4.69) is 21.2 Å². The van der Waals surface area contributed by atoms with E-state index >= 15 is 0 Å². The molecule has 1 aliphatic carbocycles. The van der Waals surface area contributed by atoms with E-state index in [9.17, 15) is 14.4 Å². The van der Waals surface area contributed by atoms with Crippen LogP contribution in [0.2, 0.25) is 5.02 Å². The third-order valence-corrected chi connectivity index (χ3v) is 8.99. The van der Waals surface area contributed by atoms with Crippen LogP contribution in [0.15, 0.2) is 82.1 Å². The Morgan fingerprint density at radius 1 is 1.05 bits per heavy atom. The molecule has 1 aliphatic heterocycles. The molecule has 3 aromatic carbocycles. The lowest BCUT2D eigenvalue weighted by atomic mass is 10.1. The van der Waals surface area contributed by atoms with Gasteiger partial charge in [-0.1, -0.05) is 41.9 Å². The summed E-state index contributed by atoms with van der Waals surface area (Å²) in [7, 11) is 0. The van der Waals surface area contributed by atoms with Crippen molar-refractivity contribution in [2.24, 2.45) is 0 Å². The van der Waals surface area contributed by atoms with E-state index < -0.39 is 5.91 Å². The molecule has 2 aliphatic rings. The van der Waals surface area contributed by atoms with E-state index in [0.717, 1.165) is 24.2 Å². The number of nitrogens with one attached hydrogen (secondary N) is 1. The number of nitrogens with zero attached hydrogens (tertiary/aromatic N) is 3. The predicted octanol–water partition coefficient (Wildman–Crippen LogP) is 6.13. The maximum atomic E-state index is 14.0. The first-order chi connectivity index (χ1) is 20.2. The first kappa shape index (κ1) is 28.3. The minimum atomic E-state index is -0.399. The molecular formula is C32H30BrClN4O4. The van der Waals surface area contributed by atoms with E-state index in [1.165, 1.54) is 4.57 Å². The molecule has 0 radical (unpaired) electrons. The van der Waals surface area contributed by atoms with Gasteiger partial charge in [-0.05, 0) is 90.6 Å². The minimum absolute atomic E-state index is 0.0846. The highest BCUT2D eigenvalue weighted by molar-refractivity contribution is 9.10. The molecule has 0 saturated heterocycles. The summed E-state index contributed by atoms with van der Waals surface area (Å²) in [6, 6.07) is 21.3. The van der Waals surface area contributed by atoms with Crippen LogP contribution in [0.1, 0.15) is 64.8 Å². The molecule has 1 fully saturated rings. The van der Waals surface area contributed by atoms with Gasteiger partial charge in [0.25, 0.3) is 11.8 Å². The van der Waals surface area contributed by atoms with Crippen LogP contribution in [0.3, 0.4) is 0 Å². The number of imidazole rings is 1. The minimum Gasteiger partial charge on any atom is -0.490 e.